The summed E-state index contributed by atoms with van der Waals surface area (Å²) < 4.78 is 11.8. The maximum Gasteiger partial charge on any atom is 0.349 e. The molecule has 2 aromatic heterocycles. The molecular weight excluding hydrogens is 382 g/mol. The fraction of sp³-hybridized carbons (Fsp3) is 0.682. The van der Waals surface area contributed by atoms with Gasteiger partial charge in [0.2, 0.25) is 0 Å². The van der Waals surface area contributed by atoms with Crippen molar-refractivity contribution in [3.63, 3.8) is 0 Å². The highest BCUT2D eigenvalue weighted by Gasteiger charge is 2.26. The van der Waals surface area contributed by atoms with Crippen LogP contribution in [0, 0.1) is 5.92 Å². The molecule has 0 bridgehead atoms. The van der Waals surface area contributed by atoms with E-state index in [-0.39, 0.29) is 11.6 Å². The Morgan fingerprint density at radius 3 is 2.70 bits per heavy atom. The van der Waals surface area contributed by atoms with Crippen molar-refractivity contribution in [2.75, 3.05) is 33.9 Å². The average Bonchev–Trinajstić information content (AvgIpc) is 3.19. The lowest BCUT2D eigenvalue weighted by Crippen LogP contribution is -2.36. The molecule has 1 aliphatic heterocycles. The van der Waals surface area contributed by atoms with Crippen LogP contribution in [0.3, 0.4) is 0 Å². The molecule has 1 saturated carbocycles. The molecule has 3 heterocycles. The van der Waals surface area contributed by atoms with Crippen LogP contribution in [0.1, 0.15) is 63.1 Å². The van der Waals surface area contributed by atoms with Crippen molar-refractivity contribution in [3.8, 4) is 17.4 Å². The van der Waals surface area contributed by atoms with E-state index >= 15 is 0 Å². The van der Waals surface area contributed by atoms with E-state index < -0.39 is 0 Å². The Kier molecular flexibility index (Phi) is 6.72. The normalized spacial score (nSPS) is 20.9. The third-order valence-electron chi connectivity index (χ3n) is 6.55. The number of hydrogen-bond donors (Lipinski definition) is 1. The maximum absolute atomic E-state index is 12.6. The Bertz CT molecular complexity index is 887. The summed E-state index contributed by atoms with van der Waals surface area (Å²) in [6.45, 7) is 3.26. The fourth-order valence-electron chi connectivity index (χ4n) is 4.84. The second-order valence-corrected chi connectivity index (χ2v) is 8.54. The van der Waals surface area contributed by atoms with E-state index in [1.807, 2.05) is 0 Å². The second kappa shape index (κ2) is 9.64. The predicted molar refractivity (Wildman–Crippen MR) is 115 cm³/mol. The van der Waals surface area contributed by atoms with Gasteiger partial charge in [-0.1, -0.05) is 32.1 Å². The SMILES string of the molecule is COc1ccc(-n2nc(C3CCCN(CCC4CCCCC4)C3)[nH]c2=O)nc1OC. The number of hydrogen-bond acceptors (Lipinski definition) is 6. The summed E-state index contributed by atoms with van der Waals surface area (Å²) in [6.07, 6.45) is 10.5. The maximum atomic E-state index is 12.6. The Morgan fingerprint density at radius 2 is 1.93 bits per heavy atom. The molecule has 30 heavy (non-hydrogen) atoms. The molecule has 2 aliphatic rings. The summed E-state index contributed by atoms with van der Waals surface area (Å²) in [7, 11) is 3.08. The number of piperidine rings is 1. The molecule has 164 valence electrons. The molecular formula is C22H33N5O3. The molecule has 1 atom stereocenters. The number of likely N-dealkylation sites (tertiary alicyclic amines) is 1. The minimum atomic E-state index is -0.274. The molecule has 2 aromatic rings. The van der Waals surface area contributed by atoms with Crippen molar-refractivity contribution in [2.24, 2.45) is 5.92 Å². The van der Waals surface area contributed by atoms with Crippen molar-refractivity contribution < 1.29 is 9.47 Å². The van der Waals surface area contributed by atoms with E-state index in [0.29, 0.717) is 17.4 Å². The highest BCUT2D eigenvalue weighted by atomic mass is 16.5. The van der Waals surface area contributed by atoms with Gasteiger partial charge < -0.3 is 14.4 Å². The van der Waals surface area contributed by atoms with Crippen LogP contribution in [0.5, 0.6) is 11.6 Å². The fourth-order valence-corrected chi connectivity index (χ4v) is 4.84. The average molecular weight is 416 g/mol. The van der Waals surface area contributed by atoms with Gasteiger partial charge in [-0.25, -0.2) is 4.79 Å². The number of nitrogens with zero attached hydrogens (tertiary/aromatic N) is 4. The van der Waals surface area contributed by atoms with Crippen molar-refractivity contribution >= 4 is 0 Å². The molecule has 0 radical (unpaired) electrons. The Labute approximate surface area is 177 Å². The topological polar surface area (TPSA) is 85.3 Å². The summed E-state index contributed by atoms with van der Waals surface area (Å²) >= 11 is 0. The minimum absolute atomic E-state index is 0.249. The first-order chi connectivity index (χ1) is 14.7. The smallest absolute Gasteiger partial charge is 0.349 e. The lowest BCUT2D eigenvalue weighted by atomic mass is 9.86. The molecule has 1 unspecified atom stereocenters. The molecule has 0 amide bonds. The van der Waals surface area contributed by atoms with Crippen molar-refractivity contribution in [1.82, 2.24) is 24.6 Å². The van der Waals surface area contributed by atoms with Gasteiger partial charge in [-0.3, -0.25) is 4.98 Å². The molecule has 4 rings (SSSR count). The van der Waals surface area contributed by atoms with E-state index in [4.69, 9.17) is 9.47 Å². The zero-order valence-corrected chi connectivity index (χ0v) is 18.1. The van der Waals surface area contributed by atoms with Crippen LogP contribution >= 0.6 is 0 Å². The number of rotatable bonds is 7. The number of aromatic amines is 1. The zero-order chi connectivity index (χ0) is 20.9. The Balaban J connectivity index is 1.44. The van der Waals surface area contributed by atoms with Crippen LogP contribution in [0.15, 0.2) is 16.9 Å². The summed E-state index contributed by atoms with van der Waals surface area (Å²) in [5, 5.41) is 4.58. The zero-order valence-electron chi connectivity index (χ0n) is 18.1. The summed E-state index contributed by atoms with van der Waals surface area (Å²) in [4.78, 5) is 22.5. The lowest BCUT2D eigenvalue weighted by molar-refractivity contribution is 0.182. The van der Waals surface area contributed by atoms with Crippen molar-refractivity contribution in [3.05, 3.63) is 28.4 Å². The molecule has 2 fully saturated rings. The van der Waals surface area contributed by atoms with E-state index in [1.165, 1.54) is 50.3 Å². The first-order valence-electron chi connectivity index (χ1n) is 11.2. The standard InChI is InChI=1S/C22H33N5O3/c1-29-18-10-11-19(23-21(18)30-2)27-22(28)24-20(25-27)17-9-6-13-26(15-17)14-12-16-7-4-3-5-8-16/h10-11,16-17H,3-9,12-15H2,1-2H3,(H,24,25,28). The van der Waals surface area contributed by atoms with Gasteiger partial charge in [0, 0.05) is 12.5 Å². The van der Waals surface area contributed by atoms with Gasteiger partial charge >= 0.3 is 5.69 Å². The van der Waals surface area contributed by atoms with Gasteiger partial charge in [0.25, 0.3) is 5.88 Å². The van der Waals surface area contributed by atoms with Gasteiger partial charge in [0.15, 0.2) is 11.6 Å². The summed E-state index contributed by atoms with van der Waals surface area (Å²) in [5.41, 5.74) is -0.274. The van der Waals surface area contributed by atoms with E-state index in [9.17, 15) is 4.79 Å². The minimum Gasteiger partial charge on any atom is -0.491 e. The van der Waals surface area contributed by atoms with Gasteiger partial charge in [0.05, 0.1) is 14.2 Å². The number of pyridine rings is 1. The highest BCUT2D eigenvalue weighted by molar-refractivity contribution is 5.39. The Hall–Kier alpha value is -2.35. The van der Waals surface area contributed by atoms with Crippen molar-refractivity contribution in [1.29, 1.82) is 0 Å². The lowest BCUT2D eigenvalue weighted by Gasteiger charge is -2.33. The summed E-state index contributed by atoms with van der Waals surface area (Å²) in [6, 6.07) is 3.44. The van der Waals surface area contributed by atoms with Crippen LogP contribution in [0.2, 0.25) is 0 Å². The first-order valence-corrected chi connectivity index (χ1v) is 11.2. The highest BCUT2D eigenvalue weighted by Crippen LogP contribution is 2.29. The second-order valence-electron chi connectivity index (χ2n) is 8.54. The summed E-state index contributed by atoms with van der Waals surface area (Å²) in [5.74, 6) is 3.17. The van der Waals surface area contributed by atoms with E-state index in [0.717, 1.165) is 44.2 Å². The van der Waals surface area contributed by atoms with Crippen LogP contribution in [-0.2, 0) is 0 Å². The van der Waals surface area contributed by atoms with Crippen LogP contribution in [0.4, 0.5) is 0 Å². The van der Waals surface area contributed by atoms with E-state index in [2.05, 4.69) is 20.0 Å². The number of ether oxygens (including phenoxy) is 2. The number of methoxy groups -OCH3 is 2. The molecule has 1 saturated heterocycles. The van der Waals surface area contributed by atoms with Crippen LogP contribution in [-0.4, -0.2) is 58.5 Å². The third-order valence-corrected chi connectivity index (χ3v) is 6.55. The van der Waals surface area contributed by atoms with Gasteiger partial charge in [-0.15, -0.1) is 5.10 Å². The van der Waals surface area contributed by atoms with Crippen molar-refractivity contribution in [2.45, 2.75) is 57.3 Å². The molecule has 0 aromatic carbocycles. The molecule has 1 N–H and O–H groups in total. The Morgan fingerprint density at radius 1 is 1.10 bits per heavy atom. The van der Waals surface area contributed by atoms with Crippen LogP contribution in [0.25, 0.3) is 5.82 Å². The van der Waals surface area contributed by atoms with Gasteiger partial charge in [0.1, 0.15) is 5.82 Å². The first kappa shape index (κ1) is 20.9. The molecule has 0 spiro atoms. The molecule has 8 nitrogen and oxygen atoms in total. The van der Waals surface area contributed by atoms with Gasteiger partial charge in [-0.05, 0) is 50.4 Å². The van der Waals surface area contributed by atoms with Gasteiger partial charge in [-0.2, -0.15) is 9.67 Å². The van der Waals surface area contributed by atoms with E-state index in [1.54, 1.807) is 19.2 Å². The monoisotopic (exact) mass is 415 g/mol. The number of H-pyrrole nitrogens is 1. The molecule has 1 aliphatic carbocycles. The quantitative estimate of drug-likeness (QED) is 0.748. The third kappa shape index (κ3) is 4.69. The predicted octanol–water partition coefficient (Wildman–Crippen LogP) is 3.12. The van der Waals surface area contributed by atoms with Crippen LogP contribution < -0.4 is 15.2 Å². The number of aromatic nitrogens is 4. The number of nitrogens with one attached hydrogen (secondary N) is 1. The largest absolute Gasteiger partial charge is 0.491 e. The molecule has 8 heteroatoms.